The maximum absolute atomic E-state index is 13.1. The zero-order chi connectivity index (χ0) is 13.0. The van der Waals surface area contributed by atoms with Gasteiger partial charge in [0, 0.05) is 29.5 Å². The number of pyridine rings is 1. The average molecular weight is 309 g/mol. The minimum absolute atomic E-state index is 0.175. The van der Waals surface area contributed by atoms with E-state index in [4.69, 9.17) is 0 Å². The van der Waals surface area contributed by atoms with Gasteiger partial charge in [-0.15, -0.1) is 0 Å². The number of hydrogen-bond acceptors (Lipinski definition) is 2. The number of nitrogens with one attached hydrogen (secondary N) is 1. The first-order valence-electron chi connectivity index (χ1n) is 5.74. The summed E-state index contributed by atoms with van der Waals surface area (Å²) in [5, 5.41) is 3.35. The van der Waals surface area contributed by atoms with Gasteiger partial charge < -0.3 is 5.32 Å². The van der Waals surface area contributed by atoms with Gasteiger partial charge in [0.05, 0.1) is 0 Å². The van der Waals surface area contributed by atoms with Crippen molar-refractivity contribution in [2.45, 2.75) is 19.5 Å². The first-order valence-corrected chi connectivity index (χ1v) is 6.53. The van der Waals surface area contributed by atoms with Crippen molar-refractivity contribution < 1.29 is 4.39 Å². The Kier molecular flexibility index (Phi) is 4.44. The number of halogens is 2. The summed E-state index contributed by atoms with van der Waals surface area (Å²) in [6.45, 7) is 2.67. The summed E-state index contributed by atoms with van der Waals surface area (Å²) in [7, 11) is 0. The van der Waals surface area contributed by atoms with Crippen molar-refractivity contribution in [2.75, 3.05) is 0 Å². The minimum atomic E-state index is -0.218. The van der Waals surface area contributed by atoms with Crippen molar-refractivity contribution in [3.8, 4) is 0 Å². The molecule has 1 aromatic heterocycles. The first-order chi connectivity index (χ1) is 8.66. The van der Waals surface area contributed by atoms with Crippen molar-refractivity contribution in [3.63, 3.8) is 0 Å². The predicted octanol–water partition coefficient (Wildman–Crippen LogP) is 3.83. The molecule has 1 heterocycles. The highest BCUT2D eigenvalue weighted by Crippen LogP contribution is 2.19. The van der Waals surface area contributed by atoms with Crippen LogP contribution in [0.2, 0.25) is 0 Å². The summed E-state index contributed by atoms with van der Waals surface area (Å²) in [6, 6.07) is 8.80. The van der Waals surface area contributed by atoms with Gasteiger partial charge in [-0.1, -0.05) is 22.0 Å². The molecule has 4 heteroatoms. The average Bonchev–Trinajstić information content (AvgIpc) is 2.40. The van der Waals surface area contributed by atoms with E-state index in [0.29, 0.717) is 6.54 Å². The maximum atomic E-state index is 13.1. The predicted molar refractivity (Wildman–Crippen MR) is 73.6 cm³/mol. The van der Waals surface area contributed by atoms with Crippen LogP contribution in [0, 0.1) is 5.82 Å². The molecule has 0 aliphatic heterocycles. The van der Waals surface area contributed by atoms with Gasteiger partial charge in [0.25, 0.3) is 0 Å². The van der Waals surface area contributed by atoms with Crippen molar-refractivity contribution >= 4 is 15.9 Å². The highest BCUT2D eigenvalue weighted by atomic mass is 79.9. The second kappa shape index (κ2) is 6.07. The standard InChI is InChI=1S/C14H14BrFN2/c1-10(11-3-2-6-17-8-11)18-9-12-7-13(16)4-5-14(12)15/h2-8,10,18H,9H2,1H3/t10-/m0/s1. The zero-order valence-corrected chi connectivity index (χ0v) is 11.6. The minimum Gasteiger partial charge on any atom is -0.306 e. The molecule has 1 atom stereocenters. The van der Waals surface area contributed by atoms with E-state index in [1.54, 1.807) is 12.3 Å². The third-order valence-corrected chi connectivity index (χ3v) is 3.56. The van der Waals surface area contributed by atoms with E-state index in [1.807, 2.05) is 18.3 Å². The lowest BCUT2D eigenvalue weighted by atomic mass is 10.1. The molecule has 0 aliphatic rings. The number of benzene rings is 1. The van der Waals surface area contributed by atoms with E-state index in [0.717, 1.165) is 15.6 Å². The third kappa shape index (κ3) is 3.37. The van der Waals surface area contributed by atoms with Gasteiger partial charge in [-0.25, -0.2) is 4.39 Å². The van der Waals surface area contributed by atoms with Crippen LogP contribution in [0.25, 0.3) is 0 Å². The van der Waals surface area contributed by atoms with Crippen LogP contribution in [-0.4, -0.2) is 4.98 Å². The van der Waals surface area contributed by atoms with E-state index >= 15 is 0 Å². The lowest BCUT2D eigenvalue weighted by Crippen LogP contribution is -2.18. The lowest BCUT2D eigenvalue weighted by molar-refractivity contribution is 0.566. The molecule has 2 nitrogen and oxygen atoms in total. The van der Waals surface area contributed by atoms with Crippen LogP contribution >= 0.6 is 15.9 Å². The summed E-state index contributed by atoms with van der Waals surface area (Å²) in [6.07, 6.45) is 3.58. The van der Waals surface area contributed by atoms with Crippen LogP contribution in [0.4, 0.5) is 4.39 Å². The van der Waals surface area contributed by atoms with Gasteiger partial charge in [0.1, 0.15) is 5.82 Å². The fraction of sp³-hybridized carbons (Fsp3) is 0.214. The second-order valence-electron chi connectivity index (χ2n) is 4.12. The van der Waals surface area contributed by atoms with Gasteiger partial charge in [-0.3, -0.25) is 4.98 Å². The zero-order valence-electron chi connectivity index (χ0n) is 10.0. The van der Waals surface area contributed by atoms with Crippen molar-refractivity contribution in [2.24, 2.45) is 0 Å². The van der Waals surface area contributed by atoms with E-state index in [1.165, 1.54) is 12.1 Å². The maximum Gasteiger partial charge on any atom is 0.123 e. The molecule has 0 saturated heterocycles. The lowest BCUT2D eigenvalue weighted by Gasteiger charge is -2.14. The van der Waals surface area contributed by atoms with Gasteiger partial charge in [0.15, 0.2) is 0 Å². The van der Waals surface area contributed by atoms with Gasteiger partial charge in [-0.05, 0) is 42.3 Å². The Labute approximate surface area is 114 Å². The van der Waals surface area contributed by atoms with Crippen LogP contribution in [0.3, 0.4) is 0 Å². The second-order valence-corrected chi connectivity index (χ2v) is 4.98. The van der Waals surface area contributed by atoms with E-state index < -0.39 is 0 Å². The van der Waals surface area contributed by atoms with Gasteiger partial charge in [0.2, 0.25) is 0 Å². The first kappa shape index (κ1) is 13.2. The smallest absolute Gasteiger partial charge is 0.123 e. The van der Waals surface area contributed by atoms with Gasteiger partial charge >= 0.3 is 0 Å². The van der Waals surface area contributed by atoms with E-state index in [9.17, 15) is 4.39 Å². The molecule has 1 aromatic carbocycles. The Morgan fingerprint density at radius 3 is 2.94 bits per heavy atom. The van der Waals surface area contributed by atoms with Crippen LogP contribution < -0.4 is 5.32 Å². The summed E-state index contributed by atoms with van der Waals surface area (Å²) in [4.78, 5) is 4.08. The fourth-order valence-corrected chi connectivity index (χ4v) is 2.08. The molecular weight excluding hydrogens is 295 g/mol. The van der Waals surface area contributed by atoms with Crippen LogP contribution in [0.1, 0.15) is 24.1 Å². The highest BCUT2D eigenvalue weighted by molar-refractivity contribution is 9.10. The summed E-state index contributed by atoms with van der Waals surface area (Å²) in [5.41, 5.74) is 2.02. The van der Waals surface area contributed by atoms with Gasteiger partial charge in [-0.2, -0.15) is 0 Å². The Hall–Kier alpha value is -1.26. The normalized spacial score (nSPS) is 12.4. The molecule has 0 amide bonds. The van der Waals surface area contributed by atoms with Crippen molar-refractivity contribution in [1.29, 1.82) is 0 Å². The highest BCUT2D eigenvalue weighted by Gasteiger charge is 2.06. The fourth-order valence-electron chi connectivity index (χ4n) is 1.69. The molecule has 1 N–H and O–H groups in total. The van der Waals surface area contributed by atoms with Crippen LogP contribution in [0.5, 0.6) is 0 Å². The molecule has 18 heavy (non-hydrogen) atoms. The van der Waals surface area contributed by atoms with Crippen LogP contribution in [0.15, 0.2) is 47.2 Å². The topological polar surface area (TPSA) is 24.9 Å². The SMILES string of the molecule is C[C@H](NCc1cc(F)ccc1Br)c1cccnc1. The molecule has 2 aromatic rings. The molecule has 0 aliphatic carbocycles. The largest absolute Gasteiger partial charge is 0.306 e. The third-order valence-electron chi connectivity index (χ3n) is 2.79. The van der Waals surface area contributed by atoms with E-state index in [-0.39, 0.29) is 11.9 Å². The molecule has 0 unspecified atom stereocenters. The Morgan fingerprint density at radius 1 is 1.39 bits per heavy atom. The molecule has 2 rings (SSSR count). The number of rotatable bonds is 4. The molecule has 0 saturated carbocycles. The molecular formula is C14H14BrFN2. The molecule has 0 spiro atoms. The van der Waals surface area contributed by atoms with Crippen molar-refractivity contribution in [3.05, 3.63) is 64.1 Å². The molecule has 0 bridgehead atoms. The Morgan fingerprint density at radius 2 is 2.22 bits per heavy atom. The summed E-state index contributed by atoms with van der Waals surface area (Å²) in [5.74, 6) is -0.218. The molecule has 94 valence electrons. The Bertz CT molecular complexity index is 516. The molecule has 0 fully saturated rings. The molecule has 0 radical (unpaired) electrons. The number of aromatic nitrogens is 1. The summed E-state index contributed by atoms with van der Waals surface area (Å²) < 4.78 is 14.0. The number of hydrogen-bond donors (Lipinski definition) is 1. The van der Waals surface area contributed by atoms with Crippen molar-refractivity contribution in [1.82, 2.24) is 10.3 Å². The number of nitrogens with zero attached hydrogens (tertiary/aromatic N) is 1. The van der Waals surface area contributed by atoms with Crippen LogP contribution in [-0.2, 0) is 6.54 Å². The monoisotopic (exact) mass is 308 g/mol. The Balaban J connectivity index is 2.01. The summed E-state index contributed by atoms with van der Waals surface area (Å²) >= 11 is 3.42. The quantitative estimate of drug-likeness (QED) is 0.928. The van der Waals surface area contributed by atoms with E-state index in [2.05, 4.69) is 33.2 Å².